The van der Waals surface area contributed by atoms with Gasteiger partial charge >= 0.3 is 0 Å². The molecule has 2 atom stereocenters. The molecule has 0 aromatic rings. The predicted molar refractivity (Wildman–Crippen MR) is 62.0 cm³/mol. The van der Waals surface area contributed by atoms with Gasteiger partial charge in [-0.3, -0.25) is 0 Å². The third-order valence-corrected chi connectivity index (χ3v) is 5.03. The zero-order chi connectivity index (χ0) is 11.5. The Balaban J connectivity index is 2.84. The maximum Gasteiger partial charge on any atom is 0.211 e. The molecule has 1 rings (SSSR count). The molecular formula is C10H22N2O2S. The lowest BCUT2D eigenvalue weighted by atomic mass is 9.74. The molecule has 0 aromatic carbocycles. The molecule has 0 aliphatic heterocycles. The zero-order valence-electron chi connectivity index (χ0n) is 9.62. The zero-order valence-corrected chi connectivity index (χ0v) is 10.4. The Morgan fingerprint density at radius 1 is 1.47 bits per heavy atom. The van der Waals surface area contributed by atoms with Crippen LogP contribution >= 0.6 is 0 Å². The molecular weight excluding hydrogens is 212 g/mol. The van der Waals surface area contributed by atoms with E-state index >= 15 is 0 Å². The molecule has 2 unspecified atom stereocenters. The van der Waals surface area contributed by atoms with Crippen LogP contribution in [0.15, 0.2) is 0 Å². The van der Waals surface area contributed by atoms with E-state index in [-0.39, 0.29) is 5.75 Å². The van der Waals surface area contributed by atoms with Gasteiger partial charge in [-0.1, -0.05) is 19.8 Å². The number of nitrogens with one attached hydrogen (secondary N) is 1. The van der Waals surface area contributed by atoms with Crippen LogP contribution in [0.4, 0.5) is 0 Å². The Labute approximate surface area is 92.7 Å². The summed E-state index contributed by atoms with van der Waals surface area (Å²) < 4.78 is 26.0. The highest BCUT2D eigenvalue weighted by Crippen LogP contribution is 2.33. The second-order valence-corrected chi connectivity index (χ2v) is 6.52. The van der Waals surface area contributed by atoms with E-state index in [9.17, 15) is 8.42 Å². The Morgan fingerprint density at radius 3 is 2.60 bits per heavy atom. The summed E-state index contributed by atoms with van der Waals surface area (Å²) in [5.74, 6) is 0.458. The first-order valence-electron chi connectivity index (χ1n) is 5.67. The van der Waals surface area contributed by atoms with Gasteiger partial charge in [-0.15, -0.1) is 0 Å². The van der Waals surface area contributed by atoms with Crippen molar-refractivity contribution < 1.29 is 8.42 Å². The molecule has 0 aromatic heterocycles. The van der Waals surface area contributed by atoms with Crippen LogP contribution in [-0.2, 0) is 10.0 Å². The van der Waals surface area contributed by atoms with Crippen molar-refractivity contribution in [3.63, 3.8) is 0 Å². The second kappa shape index (κ2) is 4.80. The fraction of sp³-hybridized carbons (Fsp3) is 1.00. The van der Waals surface area contributed by atoms with E-state index in [0.717, 1.165) is 19.3 Å². The van der Waals surface area contributed by atoms with Crippen molar-refractivity contribution in [1.29, 1.82) is 0 Å². The smallest absolute Gasteiger partial charge is 0.211 e. The molecule has 0 radical (unpaired) electrons. The highest BCUT2D eigenvalue weighted by atomic mass is 32.2. The normalized spacial score (nSPS) is 32.9. The number of nitrogens with two attached hydrogens (primary N) is 1. The molecule has 1 saturated carbocycles. The quantitative estimate of drug-likeness (QED) is 0.757. The van der Waals surface area contributed by atoms with Gasteiger partial charge in [0.2, 0.25) is 10.0 Å². The van der Waals surface area contributed by atoms with Crippen LogP contribution in [0.3, 0.4) is 0 Å². The summed E-state index contributed by atoms with van der Waals surface area (Å²) in [5.41, 5.74) is 5.37. The maximum absolute atomic E-state index is 11.6. The topological polar surface area (TPSA) is 72.2 Å². The third-order valence-electron chi connectivity index (χ3n) is 3.56. The molecule has 1 fully saturated rings. The van der Waals surface area contributed by atoms with Gasteiger partial charge in [-0.05, 0) is 25.7 Å². The van der Waals surface area contributed by atoms with Crippen molar-refractivity contribution in [3.8, 4) is 0 Å². The van der Waals surface area contributed by atoms with E-state index in [4.69, 9.17) is 5.73 Å². The van der Waals surface area contributed by atoms with Gasteiger partial charge in [0, 0.05) is 12.1 Å². The summed E-state index contributed by atoms with van der Waals surface area (Å²) in [6.07, 6.45) is 4.16. The van der Waals surface area contributed by atoms with Crippen molar-refractivity contribution in [2.45, 2.75) is 45.1 Å². The molecule has 0 bridgehead atoms. The summed E-state index contributed by atoms with van der Waals surface area (Å²) in [6, 6.07) is 0. The Hall–Kier alpha value is -0.130. The average molecular weight is 234 g/mol. The van der Waals surface area contributed by atoms with Gasteiger partial charge in [-0.25, -0.2) is 13.1 Å². The van der Waals surface area contributed by atoms with Crippen molar-refractivity contribution in [2.24, 2.45) is 11.7 Å². The molecule has 5 heteroatoms. The van der Waals surface area contributed by atoms with Crippen molar-refractivity contribution in [1.82, 2.24) is 4.72 Å². The summed E-state index contributed by atoms with van der Waals surface area (Å²) in [5, 5.41) is 0. The Bertz CT molecular complexity index is 303. The van der Waals surface area contributed by atoms with E-state index in [1.54, 1.807) is 6.92 Å². The van der Waals surface area contributed by atoms with Crippen LogP contribution in [0.1, 0.15) is 39.5 Å². The minimum Gasteiger partial charge on any atom is -0.329 e. The van der Waals surface area contributed by atoms with Crippen LogP contribution in [0.2, 0.25) is 0 Å². The molecule has 0 spiro atoms. The first-order valence-corrected chi connectivity index (χ1v) is 7.33. The van der Waals surface area contributed by atoms with Crippen molar-refractivity contribution >= 4 is 10.0 Å². The lowest BCUT2D eigenvalue weighted by molar-refractivity contribution is 0.191. The molecule has 0 amide bonds. The summed E-state index contributed by atoms with van der Waals surface area (Å²) >= 11 is 0. The lowest BCUT2D eigenvalue weighted by Crippen LogP contribution is -2.59. The fourth-order valence-electron chi connectivity index (χ4n) is 2.29. The summed E-state index contributed by atoms with van der Waals surface area (Å²) in [7, 11) is -3.15. The van der Waals surface area contributed by atoms with Crippen LogP contribution < -0.4 is 10.5 Å². The van der Waals surface area contributed by atoms with Gasteiger partial charge in [-0.2, -0.15) is 0 Å². The average Bonchev–Trinajstić information content (AvgIpc) is 2.21. The highest BCUT2D eigenvalue weighted by molar-refractivity contribution is 7.89. The van der Waals surface area contributed by atoms with Crippen LogP contribution in [0.25, 0.3) is 0 Å². The van der Waals surface area contributed by atoms with E-state index in [1.807, 2.05) is 0 Å². The van der Waals surface area contributed by atoms with Crippen molar-refractivity contribution in [3.05, 3.63) is 0 Å². The van der Waals surface area contributed by atoms with E-state index in [1.165, 1.54) is 6.42 Å². The second-order valence-electron chi connectivity index (χ2n) is 4.51. The lowest BCUT2D eigenvalue weighted by Gasteiger charge is -2.42. The minimum atomic E-state index is -3.15. The molecule has 4 nitrogen and oxygen atoms in total. The first-order chi connectivity index (χ1) is 6.96. The van der Waals surface area contributed by atoms with Gasteiger partial charge in [0.15, 0.2) is 0 Å². The van der Waals surface area contributed by atoms with Crippen LogP contribution in [-0.4, -0.2) is 26.3 Å². The molecule has 15 heavy (non-hydrogen) atoms. The van der Waals surface area contributed by atoms with Crippen molar-refractivity contribution in [2.75, 3.05) is 12.3 Å². The molecule has 90 valence electrons. The highest BCUT2D eigenvalue weighted by Gasteiger charge is 2.39. The van der Waals surface area contributed by atoms with Gasteiger partial charge in [0.1, 0.15) is 0 Å². The summed E-state index contributed by atoms with van der Waals surface area (Å²) in [6.45, 7) is 4.14. The Kier molecular flexibility index (Phi) is 4.14. The van der Waals surface area contributed by atoms with Gasteiger partial charge < -0.3 is 5.73 Å². The number of hydrogen-bond donors (Lipinski definition) is 2. The molecule has 0 heterocycles. The van der Waals surface area contributed by atoms with Crippen LogP contribution in [0.5, 0.6) is 0 Å². The maximum atomic E-state index is 11.6. The molecule has 1 aliphatic rings. The third kappa shape index (κ3) is 2.92. The fourth-order valence-corrected chi connectivity index (χ4v) is 3.44. The standard InChI is InChI=1S/C10H22N2O2S/c1-3-15(13,14)12-10(8-11)7-5-4-6-9(10)2/h9,12H,3-8,11H2,1-2H3. The number of hydrogen-bond acceptors (Lipinski definition) is 3. The SMILES string of the molecule is CCS(=O)(=O)NC1(CN)CCCCC1C. The number of sulfonamides is 1. The van der Waals surface area contributed by atoms with E-state index < -0.39 is 15.6 Å². The molecule has 0 saturated heterocycles. The van der Waals surface area contributed by atoms with Gasteiger partial charge in [0.05, 0.1) is 5.75 Å². The molecule has 3 N–H and O–H groups in total. The monoisotopic (exact) mass is 234 g/mol. The van der Waals surface area contributed by atoms with E-state index in [0.29, 0.717) is 12.5 Å². The Morgan fingerprint density at radius 2 is 2.13 bits per heavy atom. The number of rotatable bonds is 4. The summed E-state index contributed by atoms with van der Waals surface area (Å²) in [4.78, 5) is 0. The predicted octanol–water partition coefficient (Wildman–Crippen LogP) is 0.833. The minimum absolute atomic E-state index is 0.126. The molecule has 1 aliphatic carbocycles. The largest absolute Gasteiger partial charge is 0.329 e. The van der Waals surface area contributed by atoms with Crippen LogP contribution in [0, 0.1) is 5.92 Å². The van der Waals surface area contributed by atoms with E-state index in [2.05, 4.69) is 11.6 Å². The van der Waals surface area contributed by atoms with Gasteiger partial charge in [0.25, 0.3) is 0 Å². The first kappa shape index (κ1) is 12.9.